The van der Waals surface area contributed by atoms with Gasteiger partial charge in [0.25, 0.3) is 11.8 Å². The third kappa shape index (κ3) is 10.8. The van der Waals surface area contributed by atoms with Crippen LogP contribution >= 0.6 is 0 Å². The van der Waals surface area contributed by atoms with Crippen LogP contribution in [-0.2, 0) is 27.8 Å². The number of aromatic nitrogens is 4. The summed E-state index contributed by atoms with van der Waals surface area (Å²) in [6, 6.07) is 13.8. The van der Waals surface area contributed by atoms with Gasteiger partial charge in [-0.25, -0.2) is 9.97 Å². The van der Waals surface area contributed by atoms with E-state index >= 15 is 0 Å². The van der Waals surface area contributed by atoms with Gasteiger partial charge in [-0.3, -0.25) is 14.4 Å². The number of aliphatic carboxylic acids is 1. The Bertz CT molecular complexity index is 1630. The second kappa shape index (κ2) is 17.3. The molecule has 0 fully saturated rings. The highest BCUT2D eigenvalue weighted by atomic mass is 16.5. The first kappa shape index (κ1) is 35.9. The molecule has 2 aromatic carbocycles. The van der Waals surface area contributed by atoms with Crippen LogP contribution in [0.5, 0.6) is 0 Å². The van der Waals surface area contributed by atoms with E-state index in [1.807, 2.05) is 36.4 Å². The largest absolute Gasteiger partial charge is 0.481 e. The molecule has 3 N–H and O–H groups in total. The zero-order valence-electron chi connectivity index (χ0n) is 28.3. The fourth-order valence-corrected chi connectivity index (χ4v) is 5.14. The molecule has 0 saturated carbocycles. The number of amides is 2. The number of carbonyl (C=O) groups excluding carboxylic acids is 2. The lowest BCUT2D eigenvalue weighted by Gasteiger charge is -2.20. The van der Waals surface area contributed by atoms with Gasteiger partial charge in [-0.15, -0.1) is 0 Å². The third-order valence-corrected chi connectivity index (χ3v) is 8.05. The minimum Gasteiger partial charge on any atom is -0.481 e. The number of nitrogens with one attached hydrogen (secondary N) is 2. The summed E-state index contributed by atoms with van der Waals surface area (Å²) in [6.07, 6.45) is 11.2. The summed E-state index contributed by atoms with van der Waals surface area (Å²) in [6.45, 7) is 8.44. The molecule has 0 aliphatic rings. The smallest absolute Gasteiger partial charge is 0.305 e. The van der Waals surface area contributed by atoms with Gasteiger partial charge >= 0.3 is 5.97 Å². The number of benzene rings is 2. The van der Waals surface area contributed by atoms with E-state index in [0.29, 0.717) is 28.7 Å². The van der Waals surface area contributed by atoms with Crippen LogP contribution in [0.25, 0.3) is 22.8 Å². The van der Waals surface area contributed by atoms with Crippen LogP contribution in [0.4, 0.5) is 0 Å². The van der Waals surface area contributed by atoms with Gasteiger partial charge in [0.1, 0.15) is 6.04 Å². The van der Waals surface area contributed by atoms with Crippen molar-refractivity contribution >= 4 is 17.8 Å². The zero-order valence-corrected chi connectivity index (χ0v) is 28.3. The number of unbranched alkanes of at least 4 members (excludes halogenated alkanes) is 5. The molecule has 2 aromatic heterocycles. The van der Waals surface area contributed by atoms with Gasteiger partial charge in [-0.1, -0.05) is 101 Å². The molecule has 0 bridgehead atoms. The summed E-state index contributed by atoms with van der Waals surface area (Å²) in [5.74, 6) is -0.302. The van der Waals surface area contributed by atoms with E-state index in [9.17, 15) is 14.4 Å². The molecule has 11 heteroatoms. The molecule has 0 spiro atoms. The van der Waals surface area contributed by atoms with E-state index < -0.39 is 23.8 Å². The maximum absolute atomic E-state index is 13.1. The van der Waals surface area contributed by atoms with Crippen molar-refractivity contribution in [2.75, 3.05) is 6.54 Å². The average Bonchev–Trinajstić information content (AvgIpc) is 3.55. The first-order valence-corrected chi connectivity index (χ1v) is 16.7. The molecule has 254 valence electrons. The Morgan fingerprint density at radius 2 is 1.54 bits per heavy atom. The predicted molar refractivity (Wildman–Crippen MR) is 183 cm³/mol. The molecule has 4 aromatic rings. The fraction of sp³-hybridized carbons (Fsp3) is 0.432. The molecule has 0 saturated heterocycles. The summed E-state index contributed by atoms with van der Waals surface area (Å²) >= 11 is 0. The number of hydrogen-bond donors (Lipinski definition) is 3. The van der Waals surface area contributed by atoms with Gasteiger partial charge in [-0.2, -0.15) is 4.98 Å². The van der Waals surface area contributed by atoms with Crippen LogP contribution in [-0.4, -0.2) is 55.6 Å². The Hall–Kier alpha value is -4.93. The molecular formula is C37H46N6O5. The number of hydrogen-bond acceptors (Lipinski definition) is 8. The Morgan fingerprint density at radius 1 is 0.875 bits per heavy atom. The standard InChI is InChI=1S/C37H46N6O5/c1-5-6-7-8-9-10-11-31-42-36(48-43-31)28-23-39-33(40-24-28)26-14-12-25(13-15-26)22-30(35(47)38-21-20-32(44)45)41-34(46)27-16-18-29(19-17-27)37(2,3)4/h12-19,23-24,30H,5-11,20-22H2,1-4H3,(H,38,47)(H,41,46)(H,44,45)/t30-/m0/s1. The molecule has 0 unspecified atom stereocenters. The molecule has 11 nitrogen and oxygen atoms in total. The van der Waals surface area contributed by atoms with E-state index in [-0.39, 0.29) is 24.8 Å². The normalized spacial score (nSPS) is 12.0. The van der Waals surface area contributed by atoms with Gasteiger partial charge in [-0.05, 0) is 35.1 Å². The lowest BCUT2D eigenvalue weighted by Crippen LogP contribution is -2.48. The number of aryl methyl sites for hydroxylation is 1. The van der Waals surface area contributed by atoms with Crippen molar-refractivity contribution in [1.29, 1.82) is 0 Å². The van der Waals surface area contributed by atoms with Crippen molar-refractivity contribution in [3.8, 4) is 22.8 Å². The number of carboxylic acids is 1. The maximum Gasteiger partial charge on any atom is 0.305 e. The summed E-state index contributed by atoms with van der Waals surface area (Å²) in [5.41, 5.74) is 3.65. The highest BCUT2D eigenvalue weighted by molar-refractivity contribution is 5.97. The number of carboxylic acid groups (broad SMARTS) is 1. The molecule has 2 heterocycles. The lowest BCUT2D eigenvalue weighted by atomic mass is 9.86. The summed E-state index contributed by atoms with van der Waals surface area (Å²) < 4.78 is 5.44. The van der Waals surface area contributed by atoms with Gasteiger partial charge in [0, 0.05) is 42.9 Å². The topological polar surface area (TPSA) is 160 Å². The van der Waals surface area contributed by atoms with E-state index in [1.165, 1.54) is 25.7 Å². The molecule has 48 heavy (non-hydrogen) atoms. The monoisotopic (exact) mass is 654 g/mol. The minimum absolute atomic E-state index is 0.0445. The highest BCUT2D eigenvalue weighted by Gasteiger charge is 2.23. The minimum atomic E-state index is -1.02. The fourth-order valence-electron chi connectivity index (χ4n) is 5.14. The zero-order chi connectivity index (χ0) is 34.5. The maximum atomic E-state index is 13.1. The summed E-state index contributed by atoms with van der Waals surface area (Å²) in [5, 5.41) is 18.5. The van der Waals surface area contributed by atoms with Crippen LogP contribution in [0.2, 0.25) is 0 Å². The molecule has 0 aliphatic heterocycles. The van der Waals surface area contributed by atoms with Gasteiger partial charge in [0.15, 0.2) is 11.6 Å². The number of rotatable bonds is 17. The van der Waals surface area contributed by atoms with Crippen molar-refractivity contribution in [2.45, 2.75) is 96.9 Å². The van der Waals surface area contributed by atoms with Crippen LogP contribution < -0.4 is 10.6 Å². The van der Waals surface area contributed by atoms with Crippen molar-refractivity contribution in [2.24, 2.45) is 0 Å². The molecule has 0 radical (unpaired) electrons. The Kier molecular flexibility index (Phi) is 12.9. The Morgan fingerprint density at radius 3 is 2.19 bits per heavy atom. The first-order valence-electron chi connectivity index (χ1n) is 16.7. The highest BCUT2D eigenvalue weighted by Crippen LogP contribution is 2.23. The van der Waals surface area contributed by atoms with Crippen LogP contribution in [0.15, 0.2) is 65.4 Å². The SMILES string of the molecule is CCCCCCCCc1noc(-c2cnc(-c3ccc(C[C@H](NC(=O)c4ccc(C(C)(C)C)cc4)C(=O)NCCC(=O)O)cc3)nc2)n1. The van der Waals surface area contributed by atoms with E-state index in [4.69, 9.17) is 9.63 Å². The Labute approximate surface area is 282 Å². The van der Waals surface area contributed by atoms with Crippen LogP contribution in [0.1, 0.15) is 99.9 Å². The van der Waals surface area contributed by atoms with Crippen molar-refractivity contribution < 1.29 is 24.0 Å². The quantitative estimate of drug-likeness (QED) is 0.111. The predicted octanol–water partition coefficient (Wildman–Crippen LogP) is 6.33. The second-order valence-corrected chi connectivity index (χ2v) is 13.0. The summed E-state index contributed by atoms with van der Waals surface area (Å²) in [7, 11) is 0. The average molecular weight is 655 g/mol. The lowest BCUT2D eigenvalue weighted by molar-refractivity contribution is -0.137. The molecule has 0 aliphatic carbocycles. The van der Waals surface area contributed by atoms with E-state index in [1.54, 1.807) is 24.5 Å². The van der Waals surface area contributed by atoms with Crippen molar-refractivity contribution in [3.05, 3.63) is 83.4 Å². The molecule has 2 amide bonds. The van der Waals surface area contributed by atoms with E-state index in [2.05, 4.69) is 58.4 Å². The van der Waals surface area contributed by atoms with Gasteiger partial charge < -0.3 is 20.3 Å². The summed E-state index contributed by atoms with van der Waals surface area (Å²) in [4.78, 5) is 50.7. The van der Waals surface area contributed by atoms with Crippen LogP contribution in [0.3, 0.4) is 0 Å². The van der Waals surface area contributed by atoms with Crippen molar-refractivity contribution in [3.63, 3.8) is 0 Å². The number of nitrogens with zero attached hydrogens (tertiary/aromatic N) is 4. The third-order valence-electron chi connectivity index (χ3n) is 8.05. The van der Waals surface area contributed by atoms with E-state index in [0.717, 1.165) is 36.0 Å². The molecule has 1 atom stereocenters. The molecular weight excluding hydrogens is 608 g/mol. The second-order valence-electron chi connectivity index (χ2n) is 13.0. The van der Waals surface area contributed by atoms with Gasteiger partial charge in [0.2, 0.25) is 5.91 Å². The molecule has 4 rings (SSSR count). The number of carbonyl (C=O) groups is 3. The first-order chi connectivity index (χ1) is 23.0. The van der Waals surface area contributed by atoms with Crippen LogP contribution in [0, 0.1) is 0 Å². The van der Waals surface area contributed by atoms with Crippen molar-refractivity contribution in [1.82, 2.24) is 30.7 Å². The Balaban J connectivity index is 1.39. The van der Waals surface area contributed by atoms with Gasteiger partial charge in [0.05, 0.1) is 12.0 Å².